The van der Waals surface area contributed by atoms with Crippen molar-refractivity contribution in [3.05, 3.63) is 135 Å². The van der Waals surface area contributed by atoms with Crippen molar-refractivity contribution in [3.63, 3.8) is 0 Å². The normalized spacial score (nSPS) is 14.4. The molecule has 1 fully saturated rings. The molecule has 1 aliphatic heterocycles. The monoisotopic (exact) mass is 688 g/mol. The van der Waals surface area contributed by atoms with Crippen molar-refractivity contribution >= 4 is 62.2 Å². The van der Waals surface area contributed by atoms with Crippen LogP contribution in [0.25, 0.3) is 23.1 Å². The van der Waals surface area contributed by atoms with Gasteiger partial charge in [-0.2, -0.15) is 0 Å². The van der Waals surface area contributed by atoms with Gasteiger partial charge in [0, 0.05) is 33.0 Å². The Bertz CT molecular complexity index is 2080. The molecular weight excluding hydrogens is 659 g/mol. The Hall–Kier alpha value is -4.25. The highest BCUT2D eigenvalue weighted by Gasteiger charge is 2.38. The van der Waals surface area contributed by atoms with Crippen molar-refractivity contribution in [1.82, 2.24) is 9.71 Å². The number of rotatable bonds is 10. The first-order chi connectivity index (χ1) is 22.6. The molecule has 1 aliphatic rings. The van der Waals surface area contributed by atoms with E-state index in [0.29, 0.717) is 47.4 Å². The molecule has 0 aliphatic carbocycles. The Morgan fingerprint density at radius 1 is 0.915 bits per heavy atom. The molecule has 8 nitrogen and oxygen atoms in total. The number of aryl methyl sites for hydroxylation is 1. The van der Waals surface area contributed by atoms with Gasteiger partial charge in [0.1, 0.15) is 5.75 Å². The average Bonchev–Trinajstić information content (AvgIpc) is 3.56. The van der Waals surface area contributed by atoms with Crippen LogP contribution in [0.2, 0.25) is 10.0 Å². The van der Waals surface area contributed by atoms with Crippen LogP contribution in [0.1, 0.15) is 39.2 Å². The van der Waals surface area contributed by atoms with Gasteiger partial charge in [-0.1, -0.05) is 65.7 Å². The highest BCUT2D eigenvalue weighted by atomic mass is 35.5. The quantitative estimate of drug-likeness (QED) is 0.161. The fourth-order valence-electron chi connectivity index (χ4n) is 5.43. The van der Waals surface area contributed by atoms with E-state index in [4.69, 9.17) is 42.4 Å². The number of ether oxygens (including phenoxy) is 3. The summed E-state index contributed by atoms with van der Waals surface area (Å²) >= 11 is 12.1. The first-order valence-electron chi connectivity index (χ1n) is 14.8. The maximum atomic E-state index is 13.4. The summed E-state index contributed by atoms with van der Waals surface area (Å²) in [6, 6.07) is 28.0. The SMILES string of the molecule is COc1ccc(CCC2(c3cccc(/C=C/c4ccc5ccc(Cl)cc5n4)c3)OCCO2)c(C(=O)NS(=O)(=O)c2ccc(Cl)cc2)c1. The zero-order chi connectivity index (χ0) is 33.0. The second-order valence-electron chi connectivity index (χ2n) is 10.9. The lowest BCUT2D eigenvalue weighted by Gasteiger charge is -2.28. The fraction of sp³-hybridized carbons (Fsp3) is 0.167. The molecule has 1 N–H and O–H groups in total. The number of nitrogens with one attached hydrogen (secondary N) is 1. The number of benzene rings is 4. The molecule has 1 aromatic heterocycles. The number of carbonyl (C=O) groups is 1. The van der Waals surface area contributed by atoms with E-state index in [1.807, 2.05) is 66.7 Å². The number of halogens is 2. The molecular formula is C36H30Cl2N2O6S. The molecule has 0 radical (unpaired) electrons. The van der Waals surface area contributed by atoms with Crippen LogP contribution in [0.5, 0.6) is 5.75 Å². The maximum absolute atomic E-state index is 13.4. The van der Waals surface area contributed by atoms with E-state index in [2.05, 4.69) is 4.72 Å². The van der Waals surface area contributed by atoms with Gasteiger partial charge in [-0.3, -0.25) is 4.79 Å². The van der Waals surface area contributed by atoms with Crippen molar-refractivity contribution in [3.8, 4) is 5.75 Å². The van der Waals surface area contributed by atoms with Crippen LogP contribution in [-0.4, -0.2) is 39.6 Å². The van der Waals surface area contributed by atoms with Gasteiger partial charge >= 0.3 is 0 Å². The third-order valence-corrected chi connectivity index (χ3v) is 9.67. The molecule has 0 bridgehead atoms. The third-order valence-electron chi connectivity index (χ3n) is 7.84. The minimum Gasteiger partial charge on any atom is -0.497 e. The van der Waals surface area contributed by atoms with E-state index in [1.54, 1.807) is 12.1 Å². The zero-order valence-corrected chi connectivity index (χ0v) is 27.6. The van der Waals surface area contributed by atoms with Gasteiger partial charge in [-0.15, -0.1) is 0 Å². The number of hydrogen-bond donors (Lipinski definition) is 1. The molecule has 11 heteroatoms. The molecule has 6 rings (SSSR count). The molecule has 1 amide bonds. The summed E-state index contributed by atoms with van der Waals surface area (Å²) in [4.78, 5) is 18.0. The average molecular weight is 690 g/mol. The molecule has 5 aromatic rings. The van der Waals surface area contributed by atoms with Crippen molar-refractivity contribution in [2.45, 2.75) is 23.5 Å². The molecule has 47 heavy (non-hydrogen) atoms. The third kappa shape index (κ3) is 7.51. The highest BCUT2D eigenvalue weighted by Crippen LogP contribution is 2.37. The standard InChI is InChI=1S/C36H30Cl2N2O6S/c1-44-31-14-8-25(33(23-31)35(41)40-47(42,43)32-15-10-28(37)11-16-32)17-18-36(45-19-20-46-36)27-4-2-3-24(21-27)5-12-30-13-7-26-6-9-29(38)22-34(26)39-30/h2-16,21-23H,17-20H2,1H3,(H,40,41)/b12-5+. The van der Waals surface area contributed by atoms with Gasteiger partial charge in [0.2, 0.25) is 0 Å². The Morgan fingerprint density at radius 3 is 2.43 bits per heavy atom. The van der Waals surface area contributed by atoms with E-state index in [-0.39, 0.29) is 10.5 Å². The summed E-state index contributed by atoms with van der Waals surface area (Å²) in [7, 11) is -2.68. The summed E-state index contributed by atoms with van der Waals surface area (Å²) in [5.41, 5.74) is 4.11. The predicted octanol–water partition coefficient (Wildman–Crippen LogP) is 7.67. The molecule has 0 atom stereocenters. The highest BCUT2D eigenvalue weighted by molar-refractivity contribution is 7.90. The summed E-state index contributed by atoms with van der Waals surface area (Å²) < 4.78 is 45.9. The van der Waals surface area contributed by atoms with Crippen molar-refractivity contribution < 1.29 is 27.4 Å². The number of sulfonamides is 1. The number of aromatic nitrogens is 1. The van der Waals surface area contributed by atoms with Crippen LogP contribution < -0.4 is 9.46 Å². The minimum absolute atomic E-state index is 0.0823. The second kappa shape index (κ2) is 13.9. The number of nitrogens with zero attached hydrogens (tertiary/aromatic N) is 1. The van der Waals surface area contributed by atoms with E-state index in [9.17, 15) is 13.2 Å². The lowest BCUT2D eigenvalue weighted by Crippen LogP contribution is -2.32. The van der Waals surface area contributed by atoms with Crippen LogP contribution in [0.15, 0.2) is 102 Å². The molecule has 1 saturated heterocycles. The Kier molecular flexibility index (Phi) is 9.63. The van der Waals surface area contributed by atoms with Crippen LogP contribution in [0.4, 0.5) is 0 Å². The number of pyridine rings is 1. The van der Waals surface area contributed by atoms with Crippen molar-refractivity contribution in [1.29, 1.82) is 0 Å². The van der Waals surface area contributed by atoms with E-state index < -0.39 is 21.7 Å². The van der Waals surface area contributed by atoms with Crippen LogP contribution >= 0.6 is 23.2 Å². The molecule has 2 heterocycles. The summed E-state index contributed by atoms with van der Waals surface area (Å²) in [5.74, 6) is -1.44. The largest absolute Gasteiger partial charge is 0.497 e. The van der Waals surface area contributed by atoms with Crippen molar-refractivity contribution in [2.75, 3.05) is 20.3 Å². The molecule has 0 unspecified atom stereocenters. The molecule has 4 aromatic carbocycles. The van der Waals surface area contributed by atoms with Crippen molar-refractivity contribution in [2.24, 2.45) is 0 Å². The van der Waals surface area contributed by atoms with Gasteiger partial charge in [0.25, 0.3) is 15.9 Å². The Morgan fingerprint density at radius 2 is 1.66 bits per heavy atom. The van der Waals surface area contributed by atoms with Crippen LogP contribution in [0.3, 0.4) is 0 Å². The van der Waals surface area contributed by atoms with Crippen LogP contribution in [0, 0.1) is 0 Å². The lowest BCUT2D eigenvalue weighted by atomic mass is 9.94. The van der Waals surface area contributed by atoms with E-state index >= 15 is 0 Å². The van der Waals surface area contributed by atoms with Gasteiger partial charge in [0.05, 0.1) is 36.4 Å². The van der Waals surface area contributed by atoms with Gasteiger partial charge in [-0.25, -0.2) is 18.1 Å². The fourth-order valence-corrected chi connectivity index (χ4v) is 6.69. The smallest absolute Gasteiger partial charge is 0.265 e. The Labute approximate surface area is 283 Å². The van der Waals surface area contributed by atoms with Crippen LogP contribution in [-0.2, 0) is 31.7 Å². The minimum atomic E-state index is -4.15. The maximum Gasteiger partial charge on any atom is 0.265 e. The van der Waals surface area contributed by atoms with Gasteiger partial charge in [0.15, 0.2) is 5.79 Å². The number of fused-ring (bicyclic) bond motifs is 1. The number of hydrogen-bond acceptors (Lipinski definition) is 7. The summed E-state index contributed by atoms with van der Waals surface area (Å²) in [6.45, 7) is 0.803. The molecule has 0 spiro atoms. The Balaban J connectivity index is 1.23. The van der Waals surface area contributed by atoms with Gasteiger partial charge in [-0.05, 0) is 84.3 Å². The summed E-state index contributed by atoms with van der Waals surface area (Å²) in [6.07, 6.45) is 4.61. The first-order valence-corrected chi connectivity index (χ1v) is 17.0. The molecule has 240 valence electrons. The van der Waals surface area contributed by atoms with E-state index in [0.717, 1.165) is 27.7 Å². The zero-order valence-electron chi connectivity index (χ0n) is 25.3. The van der Waals surface area contributed by atoms with E-state index in [1.165, 1.54) is 37.4 Å². The molecule has 0 saturated carbocycles. The van der Waals surface area contributed by atoms with Gasteiger partial charge < -0.3 is 14.2 Å². The lowest BCUT2D eigenvalue weighted by molar-refractivity contribution is -0.170. The second-order valence-corrected chi connectivity index (χ2v) is 13.4. The first kappa shape index (κ1) is 32.7. The summed E-state index contributed by atoms with van der Waals surface area (Å²) in [5, 5.41) is 2.02. The number of carbonyl (C=O) groups excluding carboxylic acids is 1. The topological polar surface area (TPSA) is 104 Å². The number of methoxy groups -OCH3 is 1. The number of amides is 1. The predicted molar refractivity (Wildman–Crippen MR) is 183 cm³/mol.